The second-order valence-corrected chi connectivity index (χ2v) is 6.83. The van der Waals surface area contributed by atoms with Gasteiger partial charge in [-0.3, -0.25) is 0 Å². The molecule has 1 rings (SSSR count). The second-order valence-electron chi connectivity index (χ2n) is 4.03. The van der Waals surface area contributed by atoms with Crippen molar-refractivity contribution in [1.29, 1.82) is 0 Å². The molecule has 0 fully saturated rings. The molecular weight excluding hydrogens is 316 g/mol. The lowest BCUT2D eigenvalue weighted by molar-refractivity contribution is 0.419. The summed E-state index contributed by atoms with van der Waals surface area (Å²) in [4.78, 5) is 0.251. The van der Waals surface area contributed by atoms with E-state index in [1.165, 1.54) is 10.4 Å². The summed E-state index contributed by atoms with van der Waals surface area (Å²) < 4.78 is 27.0. The monoisotopic (exact) mass is 334 g/mol. The first-order valence-electron chi connectivity index (χ1n) is 5.98. The molecule has 4 nitrogen and oxygen atoms in total. The number of anilines is 1. The molecule has 6 heteroatoms. The fourth-order valence-corrected chi connectivity index (χ4v) is 3.38. The highest BCUT2D eigenvalue weighted by molar-refractivity contribution is 9.10. The second kappa shape index (κ2) is 6.54. The summed E-state index contributed by atoms with van der Waals surface area (Å²) in [6, 6.07) is 4.73. The summed E-state index contributed by atoms with van der Waals surface area (Å²) in [5, 5.41) is 0. The van der Waals surface area contributed by atoms with Gasteiger partial charge >= 0.3 is 0 Å². The normalized spacial score (nSPS) is 12.0. The number of halogens is 1. The van der Waals surface area contributed by atoms with Gasteiger partial charge in [-0.1, -0.05) is 20.3 Å². The Morgan fingerprint density at radius 3 is 2.50 bits per heavy atom. The SMILES string of the molecule is CCCCN(CC)S(=O)(=O)c1ccc(Br)c(N)c1. The maximum Gasteiger partial charge on any atom is 0.243 e. The number of sulfonamides is 1. The smallest absolute Gasteiger partial charge is 0.243 e. The zero-order valence-electron chi connectivity index (χ0n) is 10.7. The number of benzene rings is 1. The number of rotatable bonds is 6. The van der Waals surface area contributed by atoms with Crippen LogP contribution in [-0.2, 0) is 10.0 Å². The molecule has 0 spiro atoms. The van der Waals surface area contributed by atoms with Gasteiger partial charge in [0.1, 0.15) is 0 Å². The van der Waals surface area contributed by atoms with E-state index in [4.69, 9.17) is 5.73 Å². The molecule has 0 aliphatic heterocycles. The number of hydrogen-bond acceptors (Lipinski definition) is 3. The van der Waals surface area contributed by atoms with Gasteiger partial charge < -0.3 is 5.73 Å². The van der Waals surface area contributed by atoms with Gasteiger partial charge in [0.2, 0.25) is 10.0 Å². The zero-order valence-corrected chi connectivity index (χ0v) is 13.1. The van der Waals surface area contributed by atoms with E-state index >= 15 is 0 Å². The van der Waals surface area contributed by atoms with Gasteiger partial charge in [0, 0.05) is 23.2 Å². The van der Waals surface area contributed by atoms with E-state index in [0.29, 0.717) is 23.2 Å². The van der Waals surface area contributed by atoms with Crippen molar-refractivity contribution in [2.75, 3.05) is 18.8 Å². The lowest BCUT2D eigenvalue weighted by Gasteiger charge is -2.20. The first-order valence-corrected chi connectivity index (χ1v) is 8.22. The van der Waals surface area contributed by atoms with E-state index < -0.39 is 10.0 Å². The molecule has 0 bridgehead atoms. The van der Waals surface area contributed by atoms with E-state index in [9.17, 15) is 8.42 Å². The maximum absolute atomic E-state index is 12.4. The van der Waals surface area contributed by atoms with E-state index in [0.717, 1.165) is 12.8 Å². The topological polar surface area (TPSA) is 63.4 Å². The van der Waals surface area contributed by atoms with E-state index in [2.05, 4.69) is 15.9 Å². The standard InChI is InChI=1S/C12H19BrN2O2S/c1-3-5-8-15(4-2)18(16,17)10-6-7-11(13)12(14)9-10/h6-7,9H,3-5,8,14H2,1-2H3. The van der Waals surface area contributed by atoms with Crippen molar-refractivity contribution < 1.29 is 8.42 Å². The first kappa shape index (κ1) is 15.5. The van der Waals surface area contributed by atoms with Crippen LogP contribution in [0, 0.1) is 0 Å². The Hall–Kier alpha value is -0.590. The maximum atomic E-state index is 12.4. The Morgan fingerprint density at radius 1 is 1.33 bits per heavy atom. The Kier molecular flexibility index (Phi) is 5.62. The van der Waals surface area contributed by atoms with Crippen molar-refractivity contribution in [3.8, 4) is 0 Å². The zero-order chi connectivity index (χ0) is 13.8. The number of hydrogen-bond donors (Lipinski definition) is 1. The third-order valence-corrected chi connectivity index (χ3v) is 5.41. The van der Waals surface area contributed by atoms with Crippen molar-refractivity contribution in [2.24, 2.45) is 0 Å². The fraction of sp³-hybridized carbons (Fsp3) is 0.500. The minimum absolute atomic E-state index is 0.251. The number of unbranched alkanes of at least 4 members (excludes halogenated alkanes) is 1. The molecule has 0 aliphatic rings. The minimum Gasteiger partial charge on any atom is -0.398 e. The Balaban J connectivity index is 3.06. The Morgan fingerprint density at radius 2 is 2.00 bits per heavy atom. The van der Waals surface area contributed by atoms with Crippen LogP contribution in [0.5, 0.6) is 0 Å². The van der Waals surface area contributed by atoms with Crippen LogP contribution >= 0.6 is 15.9 Å². The highest BCUT2D eigenvalue weighted by Gasteiger charge is 2.22. The van der Waals surface area contributed by atoms with Crippen molar-refractivity contribution in [3.05, 3.63) is 22.7 Å². The molecule has 0 unspecified atom stereocenters. The number of nitrogen functional groups attached to an aromatic ring is 1. The summed E-state index contributed by atoms with van der Waals surface area (Å²) in [6.45, 7) is 4.90. The Labute approximate surface area is 117 Å². The molecule has 18 heavy (non-hydrogen) atoms. The molecule has 0 atom stereocenters. The van der Waals surface area contributed by atoms with Crippen LogP contribution in [-0.4, -0.2) is 25.8 Å². The number of nitrogens with two attached hydrogens (primary N) is 1. The summed E-state index contributed by atoms with van der Waals surface area (Å²) in [6.07, 6.45) is 1.83. The predicted octanol–water partition coefficient (Wildman–Crippen LogP) is 2.84. The lowest BCUT2D eigenvalue weighted by atomic mass is 10.3. The van der Waals surface area contributed by atoms with Crippen LogP contribution in [0.3, 0.4) is 0 Å². The largest absolute Gasteiger partial charge is 0.398 e. The van der Waals surface area contributed by atoms with Gasteiger partial charge in [-0.2, -0.15) is 4.31 Å². The van der Waals surface area contributed by atoms with E-state index in [1.807, 2.05) is 13.8 Å². The van der Waals surface area contributed by atoms with E-state index in [1.54, 1.807) is 12.1 Å². The molecule has 102 valence electrons. The molecule has 0 saturated carbocycles. The number of nitrogens with zero attached hydrogens (tertiary/aromatic N) is 1. The van der Waals surface area contributed by atoms with Crippen LogP contribution in [0.15, 0.2) is 27.6 Å². The summed E-state index contributed by atoms with van der Waals surface area (Å²) >= 11 is 3.26. The van der Waals surface area contributed by atoms with Gasteiger partial charge in [0.05, 0.1) is 4.90 Å². The molecule has 0 radical (unpaired) electrons. The predicted molar refractivity (Wildman–Crippen MR) is 77.9 cm³/mol. The van der Waals surface area contributed by atoms with Crippen molar-refractivity contribution in [2.45, 2.75) is 31.6 Å². The third-order valence-electron chi connectivity index (χ3n) is 2.72. The molecule has 1 aromatic rings. The molecule has 0 aromatic heterocycles. The van der Waals surface area contributed by atoms with Gasteiger partial charge in [0.15, 0.2) is 0 Å². The minimum atomic E-state index is -3.43. The van der Waals surface area contributed by atoms with Crippen molar-refractivity contribution in [1.82, 2.24) is 4.31 Å². The highest BCUT2D eigenvalue weighted by atomic mass is 79.9. The van der Waals surface area contributed by atoms with Crippen LogP contribution in [0.1, 0.15) is 26.7 Å². The summed E-state index contributed by atoms with van der Waals surface area (Å²) in [5.41, 5.74) is 6.16. The molecular formula is C12H19BrN2O2S. The quantitative estimate of drug-likeness (QED) is 0.813. The highest BCUT2D eigenvalue weighted by Crippen LogP contribution is 2.24. The molecule has 0 amide bonds. The molecule has 0 heterocycles. The molecule has 0 saturated heterocycles. The molecule has 1 aromatic carbocycles. The third kappa shape index (κ3) is 3.46. The van der Waals surface area contributed by atoms with Crippen LogP contribution in [0.25, 0.3) is 0 Å². The van der Waals surface area contributed by atoms with E-state index in [-0.39, 0.29) is 4.90 Å². The van der Waals surface area contributed by atoms with Crippen molar-refractivity contribution >= 4 is 31.6 Å². The average Bonchev–Trinajstić information content (AvgIpc) is 2.33. The van der Waals surface area contributed by atoms with Gasteiger partial charge in [-0.05, 0) is 40.5 Å². The van der Waals surface area contributed by atoms with Crippen LogP contribution in [0.4, 0.5) is 5.69 Å². The molecule has 2 N–H and O–H groups in total. The Bertz CT molecular complexity index is 503. The van der Waals surface area contributed by atoms with Crippen LogP contribution < -0.4 is 5.73 Å². The summed E-state index contributed by atoms with van der Waals surface area (Å²) in [5.74, 6) is 0. The summed E-state index contributed by atoms with van der Waals surface area (Å²) in [7, 11) is -3.43. The molecule has 0 aliphatic carbocycles. The van der Waals surface area contributed by atoms with Gasteiger partial charge in [-0.25, -0.2) is 8.42 Å². The van der Waals surface area contributed by atoms with Gasteiger partial charge in [-0.15, -0.1) is 0 Å². The first-order chi connectivity index (χ1) is 8.43. The fourth-order valence-electron chi connectivity index (χ4n) is 1.61. The average molecular weight is 335 g/mol. The van der Waals surface area contributed by atoms with Gasteiger partial charge in [0.25, 0.3) is 0 Å². The van der Waals surface area contributed by atoms with Crippen LogP contribution in [0.2, 0.25) is 0 Å². The van der Waals surface area contributed by atoms with Crippen molar-refractivity contribution in [3.63, 3.8) is 0 Å². The lowest BCUT2D eigenvalue weighted by Crippen LogP contribution is -2.31.